The molecule has 0 aromatic heterocycles. The van der Waals surface area contributed by atoms with Crippen LogP contribution in [0.3, 0.4) is 0 Å². The van der Waals surface area contributed by atoms with Gasteiger partial charge in [0.05, 0.1) is 18.4 Å². The molecule has 6 nitrogen and oxygen atoms in total. The lowest BCUT2D eigenvalue weighted by atomic mass is 10.1. The fourth-order valence-electron chi connectivity index (χ4n) is 2.34. The molecule has 0 radical (unpaired) electrons. The minimum atomic E-state index is -0.954. The maximum absolute atomic E-state index is 12.1. The third kappa shape index (κ3) is 2.63. The molecule has 0 heterocycles. The maximum atomic E-state index is 12.1. The molecule has 2 atom stereocenters. The monoisotopic (exact) mass is 256 g/mol. The number of likely N-dealkylation sites (N-methyl/N-ethyl adjacent to an activating group) is 2. The molecule has 2 N–H and O–H groups in total. The Kier molecular flexibility index (Phi) is 3.98. The van der Waals surface area contributed by atoms with Crippen LogP contribution >= 0.6 is 0 Å². The summed E-state index contributed by atoms with van der Waals surface area (Å²) in [6.45, 7) is 5.78. The Balaban J connectivity index is 2.61. The van der Waals surface area contributed by atoms with Gasteiger partial charge in [-0.1, -0.05) is 13.8 Å². The summed E-state index contributed by atoms with van der Waals surface area (Å²) in [6, 6.07) is 0. The predicted molar refractivity (Wildman–Crippen MR) is 64.7 cm³/mol. The Morgan fingerprint density at radius 3 is 2.22 bits per heavy atom. The van der Waals surface area contributed by atoms with Gasteiger partial charge in [-0.25, -0.2) is 0 Å². The van der Waals surface area contributed by atoms with Crippen LogP contribution in [0, 0.1) is 17.3 Å². The van der Waals surface area contributed by atoms with Crippen LogP contribution in [-0.4, -0.2) is 47.9 Å². The van der Waals surface area contributed by atoms with Gasteiger partial charge in [-0.2, -0.15) is 0 Å². The van der Waals surface area contributed by atoms with Crippen molar-refractivity contribution in [2.24, 2.45) is 17.3 Å². The molecule has 1 rings (SSSR count). The van der Waals surface area contributed by atoms with Crippen LogP contribution in [0.25, 0.3) is 0 Å². The van der Waals surface area contributed by atoms with Crippen LogP contribution in [0.1, 0.15) is 20.8 Å². The molecule has 1 aliphatic rings. The quantitative estimate of drug-likeness (QED) is 0.721. The van der Waals surface area contributed by atoms with E-state index in [2.05, 4.69) is 5.32 Å². The van der Waals surface area contributed by atoms with E-state index in [1.165, 1.54) is 11.9 Å². The molecular formula is C12H20N2O4. The highest BCUT2D eigenvalue weighted by molar-refractivity contribution is 5.93. The Morgan fingerprint density at radius 2 is 1.83 bits per heavy atom. The first kappa shape index (κ1) is 14.5. The lowest BCUT2D eigenvalue weighted by Crippen LogP contribution is -2.39. The zero-order valence-corrected chi connectivity index (χ0v) is 11.2. The summed E-state index contributed by atoms with van der Waals surface area (Å²) in [7, 11) is 1.52. The molecule has 0 aromatic rings. The Morgan fingerprint density at radius 1 is 1.28 bits per heavy atom. The molecule has 102 valence electrons. The summed E-state index contributed by atoms with van der Waals surface area (Å²) in [5.41, 5.74) is -0.529. The minimum absolute atomic E-state index is 0.0361. The van der Waals surface area contributed by atoms with Crippen molar-refractivity contribution < 1.29 is 19.5 Å². The predicted octanol–water partition coefficient (Wildman–Crippen LogP) is -0.0623. The van der Waals surface area contributed by atoms with Gasteiger partial charge in [0, 0.05) is 13.6 Å². The van der Waals surface area contributed by atoms with Gasteiger partial charge in [-0.05, 0) is 12.3 Å². The van der Waals surface area contributed by atoms with Crippen molar-refractivity contribution in [3.8, 4) is 0 Å². The van der Waals surface area contributed by atoms with E-state index < -0.39 is 23.2 Å². The zero-order valence-electron chi connectivity index (χ0n) is 11.2. The number of nitrogens with zero attached hydrogens (tertiary/aromatic N) is 1. The van der Waals surface area contributed by atoms with Gasteiger partial charge in [0.15, 0.2) is 0 Å². The Labute approximate surface area is 106 Å². The average molecular weight is 256 g/mol. The second-order valence-corrected chi connectivity index (χ2v) is 5.26. The molecule has 1 fully saturated rings. The molecule has 1 saturated carbocycles. The Bertz CT molecular complexity index is 378. The fraction of sp³-hybridized carbons (Fsp3) is 0.750. The zero-order chi connectivity index (χ0) is 14.1. The molecule has 0 aliphatic heterocycles. The summed E-state index contributed by atoms with van der Waals surface area (Å²) < 4.78 is 0. The van der Waals surface area contributed by atoms with Crippen molar-refractivity contribution >= 4 is 17.8 Å². The fourth-order valence-corrected chi connectivity index (χ4v) is 2.34. The number of hydrogen-bond acceptors (Lipinski definition) is 3. The summed E-state index contributed by atoms with van der Waals surface area (Å²) in [4.78, 5) is 35.7. The Hall–Kier alpha value is -1.59. The van der Waals surface area contributed by atoms with Gasteiger partial charge in [-0.15, -0.1) is 0 Å². The van der Waals surface area contributed by atoms with E-state index in [-0.39, 0.29) is 18.4 Å². The first-order chi connectivity index (χ1) is 8.23. The number of rotatable bonds is 5. The van der Waals surface area contributed by atoms with Crippen LogP contribution in [0.5, 0.6) is 0 Å². The van der Waals surface area contributed by atoms with Gasteiger partial charge in [0.2, 0.25) is 11.8 Å². The summed E-state index contributed by atoms with van der Waals surface area (Å²) in [5, 5.41) is 11.6. The van der Waals surface area contributed by atoms with E-state index >= 15 is 0 Å². The van der Waals surface area contributed by atoms with E-state index in [1.54, 1.807) is 20.8 Å². The first-order valence-electron chi connectivity index (χ1n) is 5.98. The highest BCUT2D eigenvalue weighted by Crippen LogP contribution is 2.58. The number of amides is 2. The van der Waals surface area contributed by atoms with E-state index in [0.29, 0.717) is 6.54 Å². The standard InChI is InChI=1S/C12H20N2O4/c1-5-13-7(15)6-14(4)10(16)8-9(11(17)18)12(8,2)3/h8-9H,5-6H2,1-4H3,(H,13,15)(H,17,18)/t8-,9+/m1/s1. The van der Waals surface area contributed by atoms with Gasteiger partial charge in [0.25, 0.3) is 0 Å². The van der Waals surface area contributed by atoms with Crippen molar-refractivity contribution in [2.45, 2.75) is 20.8 Å². The third-order valence-corrected chi connectivity index (χ3v) is 3.49. The van der Waals surface area contributed by atoms with Crippen molar-refractivity contribution in [1.82, 2.24) is 10.2 Å². The number of carbonyl (C=O) groups is 3. The van der Waals surface area contributed by atoms with Crippen molar-refractivity contribution in [3.05, 3.63) is 0 Å². The topological polar surface area (TPSA) is 86.7 Å². The maximum Gasteiger partial charge on any atom is 0.307 e. The van der Waals surface area contributed by atoms with E-state index in [9.17, 15) is 14.4 Å². The molecular weight excluding hydrogens is 236 g/mol. The number of carboxylic acids is 1. The molecule has 6 heteroatoms. The molecule has 1 aliphatic carbocycles. The number of aliphatic carboxylic acids is 1. The number of nitrogens with one attached hydrogen (secondary N) is 1. The summed E-state index contributed by atoms with van der Waals surface area (Å²) in [5.74, 6) is -2.65. The largest absolute Gasteiger partial charge is 0.481 e. The number of carboxylic acid groups (broad SMARTS) is 1. The molecule has 0 bridgehead atoms. The lowest BCUT2D eigenvalue weighted by molar-refractivity contribution is -0.142. The van der Waals surface area contributed by atoms with Crippen molar-refractivity contribution in [3.63, 3.8) is 0 Å². The number of carbonyl (C=O) groups excluding carboxylic acids is 2. The highest BCUT2D eigenvalue weighted by Gasteiger charge is 2.66. The van der Waals surface area contributed by atoms with Gasteiger partial charge in [0.1, 0.15) is 0 Å². The second-order valence-electron chi connectivity index (χ2n) is 5.26. The van der Waals surface area contributed by atoms with Crippen molar-refractivity contribution in [2.75, 3.05) is 20.1 Å². The SMILES string of the molecule is CCNC(=O)CN(C)C(=O)[C@H]1[C@@H](C(=O)O)C1(C)C. The van der Waals surface area contributed by atoms with Crippen LogP contribution in [0.4, 0.5) is 0 Å². The summed E-state index contributed by atoms with van der Waals surface area (Å²) >= 11 is 0. The second kappa shape index (κ2) is 4.96. The molecule has 18 heavy (non-hydrogen) atoms. The molecule has 0 unspecified atom stereocenters. The average Bonchev–Trinajstić information content (AvgIpc) is 2.80. The minimum Gasteiger partial charge on any atom is -0.481 e. The number of hydrogen-bond donors (Lipinski definition) is 2. The van der Waals surface area contributed by atoms with Crippen LogP contribution in [-0.2, 0) is 14.4 Å². The summed E-state index contributed by atoms with van der Waals surface area (Å²) in [6.07, 6.45) is 0. The first-order valence-corrected chi connectivity index (χ1v) is 5.98. The van der Waals surface area contributed by atoms with E-state index in [0.717, 1.165) is 0 Å². The van der Waals surface area contributed by atoms with Gasteiger partial charge in [-0.3, -0.25) is 14.4 Å². The van der Waals surface area contributed by atoms with Gasteiger partial charge >= 0.3 is 5.97 Å². The smallest absolute Gasteiger partial charge is 0.307 e. The molecule has 0 spiro atoms. The van der Waals surface area contributed by atoms with Crippen LogP contribution in [0.2, 0.25) is 0 Å². The van der Waals surface area contributed by atoms with Crippen LogP contribution in [0.15, 0.2) is 0 Å². The van der Waals surface area contributed by atoms with Crippen molar-refractivity contribution in [1.29, 1.82) is 0 Å². The van der Waals surface area contributed by atoms with E-state index in [1.807, 2.05) is 0 Å². The van der Waals surface area contributed by atoms with Crippen LogP contribution < -0.4 is 5.32 Å². The third-order valence-electron chi connectivity index (χ3n) is 3.49. The molecule has 0 saturated heterocycles. The normalized spacial score (nSPS) is 24.2. The van der Waals surface area contributed by atoms with E-state index in [4.69, 9.17) is 5.11 Å². The lowest BCUT2D eigenvalue weighted by Gasteiger charge is -2.17. The molecule has 0 aromatic carbocycles. The molecule has 2 amide bonds. The highest BCUT2D eigenvalue weighted by atomic mass is 16.4. The van der Waals surface area contributed by atoms with Gasteiger partial charge < -0.3 is 15.3 Å².